The van der Waals surface area contributed by atoms with Crippen molar-refractivity contribution in [1.82, 2.24) is 15.2 Å². The molecule has 9 nitrogen and oxygen atoms in total. The van der Waals surface area contributed by atoms with Gasteiger partial charge >= 0.3 is 5.97 Å². The summed E-state index contributed by atoms with van der Waals surface area (Å²) in [7, 11) is 0. The fourth-order valence-electron chi connectivity index (χ4n) is 2.85. The van der Waals surface area contributed by atoms with Crippen LogP contribution in [0.15, 0.2) is 52.7 Å². The second-order valence-corrected chi connectivity index (χ2v) is 5.85. The van der Waals surface area contributed by atoms with Crippen molar-refractivity contribution < 1.29 is 19.4 Å². The molecule has 0 spiro atoms. The molecular weight excluding hydrogens is 350 g/mol. The van der Waals surface area contributed by atoms with Crippen LogP contribution in [0.5, 0.6) is 5.75 Å². The maximum Gasteiger partial charge on any atom is 0.341 e. The predicted molar refractivity (Wildman–Crippen MR) is 96.5 cm³/mol. The minimum Gasteiger partial charge on any atom is -0.482 e. The van der Waals surface area contributed by atoms with E-state index >= 15 is 0 Å². The molecule has 27 heavy (non-hydrogen) atoms. The van der Waals surface area contributed by atoms with Crippen molar-refractivity contribution >= 4 is 29.4 Å². The fraction of sp³-hybridized carbons (Fsp3) is 0.167. The summed E-state index contributed by atoms with van der Waals surface area (Å²) in [5.74, 6) is 0.0703. The number of carboxylic acid groups (broad SMARTS) is 1. The molecule has 0 fully saturated rings. The molecule has 2 aliphatic rings. The van der Waals surface area contributed by atoms with Crippen molar-refractivity contribution in [1.29, 1.82) is 0 Å². The number of amidine groups is 1. The lowest BCUT2D eigenvalue weighted by atomic mass is 10.1. The first-order valence-corrected chi connectivity index (χ1v) is 8.23. The summed E-state index contributed by atoms with van der Waals surface area (Å²) in [5, 5.41) is 11.6. The minimum atomic E-state index is -1.06. The number of guanidine groups is 1. The van der Waals surface area contributed by atoms with Gasteiger partial charge in [0.05, 0.1) is 17.8 Å². The number of carbonyl (C=O) groups is 2. The van der Waals surface area contributed by atoms with Gasteiger partial charge in [0.25, 0.3) is 5.91 Å². The third-order valence-corrected chi connectivity index (χ3v) is 4.04. The lowest BCUT2D eigenvalue weighted by molar-refractivity contribution is -0.139. The summed E-state index contributed by atoms with van der Waals surface area (Å²) >= 11 is 0. The van der Waals surface area contributed by atoms with E-state index in [-0.39, 0.29) is 5.91 Å². The van der Waals surface area contributed by atoms with Crippen LogP contribution in [0.2, 0.25) is 0 Å². The van der Waals surface area contributed by atoms with E-state index < -0.39 is 12.6 Å². The van der Waals surface area contributed by atoms with Crippen molar-refractivity contribution in [2.45, 2.75) is 0 Å². The monoisotopic (exact) mass is 365 g/mol. The zero-order valence-electron chi connectivity index (χ0n) is 14.1. The number of ether oxygens (including phenoxy) is 1. The van der Waals surface area contributed by atoms with Gasteiger partial charge in [-0.05, 0) is 24.3 Å². The van der Waals surface area contributed by atoms with E-state index in [1.54, 1.807) is 36.5 Å². The molecule has 136 valence electrons. The zero-order valence-corrected chi connectivity index (χ0v) is 14.1. The molecule has 0 unspecified atom stereocenters. The number of fused-ring (bicyclic) bond motifs is 3. The number of nitrogens with zero attached hydrogens (tertiary/aromatic N) is 4. The number of aromatic nitrogens is 1. The second-order valence-electron chi connectivity index (χ2n) is 5.85. The Bertz CT molecular complexity index is 971. The molecule has 0 aliphatic carbocycles. The molecule has 0 bridgehead atoms. The molecule has 1 aromatic carbocycles. The first kappa shape index (κ1) is 16.7. The Balaban J connectivity index is 1.64. The molecule has 0 saturated heterocycles. The van der Waals surface area contributed by atoms with E-state index in [4.69, 9.17) is 9.84 Å². The molecule has 0 atom stereocenters. The van der Waals surface area contributed by atoms with E-state index in [1.165, 1.54) is 6.20 Å². The highest BCUT2D eigenvalue weighted by molar-refractivity contribution is 6.19. The van der Waals surface area contributed by atoms with E-state index in [0.29, 0.717) is 41.9 Å². The number of pyridine rings is 1. The van der Waals surface area contributed by atoms with E-state index in [2.05, 4.69) is 20.3 Å². The number of hydrogen-bond acceptors (Lipinski definition) is 7. The van der Waals surface area contributed by atoms with Crippen LogP contribution in [0.1, 0.15) is 15.9 Å². The van der Waals surface area contributed by atoms with Gasteiger partial charge in [-0.1, -0.05) is 0 Å². The topological polar surface area (TPSA) is 116 Å². The van der Waals surface area contributed by atoms with E-state index in [9.17, 15) is 9.59 Å². The van der Waals surface area contributed by atoms with Crippen LogP contribution in [-0.2, 0) is 4.79 Å². The van der Waals surface area contributed by atoms with Crippen LogP contribution >= 0.6 is 0 Å². The lowest BCUT2D eigenvalue weighted by Crippen LogP contribution is -2.47. The molecule has 3 heterocycles. The highest BCUT2D eigenvalue weighted by Gasteiger charge is 2.30. The summed E-state index contributed by atoms with van der Waals surface area (Å²) in [6.07, 6.45) is 3.07. The first-order valence-electron chi connectivity index (χ1n) is 8.23. The quantitative estimate of drug-likeness (QED) is 0.836. The Morgan fingerprint density at radius 2 is 2.19 bits per heavy atom. The van der Waals surface area contributed by atoms with Crippen LogP contribution < -0.4 is 10.1 Å². The summed E-state index contributed by atoms with van der Waals surface area (Å²) in [4.78, 5) is 38.0. The summed E-state index contributed by atoms with van der Waals surface area (Å²) in [6, 6.07) is 8.44. The van der Waals surface area contributed by atoms with Gasteiger partial charge in [-0.25, -0.2) is 9.79 Å². The van der Waals surface area contributed by atoms with Crippen LogP contribution in [0, 0.1) is 0 Å². The van der Waals surface area contributed by atoms with Gasteiger partial charge in [0.1, 0.15) is 11.6 Å². The van der Waals surface area contributed by atoms with Gasteiger partial charge in [-0.3, -0.25) is 25.0 Å². The number of aliphatic carboxylic acids is 1. The summed E-state index contributed by atoms with van der Waals surface area (Å²) < 4.78 is 5.21. The van der Waals surface area contributed by atoms with Gasteiger partial charge in [0, 0.05) is 30.6 Å². The molecule has 2 aromatic rings. The van der Waals surface area contributed by atoms with Crippen LogP contribution in [-0.4, -0.2) is 58.4 Å². The van der Waals surface area contributed by atoms with Crippen LogP contribution in [0.4, 0.5) is 5.69 Å². The van der Waals surface area contributed by atoms with E-state index in [0.717, 1.165) is 5.56 Å². The number of nitrogens with one attached hydrogen (secondary N) is 1. The number of hydrogen-bond donors (Lipinski definition) is 2. The van der Waals surface area contributed by atoms with Crippen LogP contribution in [0.25, 0.3) is 0 Å². The van der Waals surface area contributed by atoms with Crippen LogP contribution in [0.3, 0.4) is 0 Å². The van der Waals surface area contributed by atoms with E-state index in [1.807, 2.05) is 4.90 Å². The molecule has 1 aromatic heterocycles. The molecule has 2 aliphatic heterocycles. The average Bonchev–Trinajstić information content (AvgIpc) is 3.17. The lowest BCUT2D eigenvalue weighted by Gasteiger charge is -2.27. The molecule has 1 amide bonds. The Kier molecular flexibility index (Phi) is 4.25. The highest BCUT2D eigenvalue weighted by Crippen LogP contribution is 2.31. The second kappa shape index (κ2) is 6.87. The molecule has 4 rings (SSSR count). The molecule has 2 N–H and O–H groups in total. The average molecular weight is 365 g/mol. The number of amides is 1. The number of carboxylic acids is 1. The number of aliphatic imine (C=N–C) groups is 2. The minimum absolute atomic E-state index is 0.324. The van der Waals surface area contributed by atoms with Crippen molar-refractivity contribution in [3.05, 3.63) is 53.9 Å². The highest BCUT2D eigenvalue weighted by atomic mass is 16.5. The number of carbonyl (C=O) groups excluding carboxylic acids is 1. The van der Waals surface area contributed by atoms with Crippen molar-refractivity contribution in [3.63, 3.8) is 0 Å². The Labute approximate surface area is 154 Å². The Hall–Kier alpha value is -3.75. The maximum atomic E-state index is 12.5. The third-order valence-electron chi connectivity index (χ3n) is 4.04. The standard InChI is InChI=1S/C18H15N5O4/c24-15(25)10-27-12-3-4-13-14(8-12)21-18(23-7-6-20-16(13)23)22-17(26)11-2-1-5-19-9-11/h1-5,8-9H,6-7,10H2,(H,24,25)(H,21,22,26). The summed E-state index contributed by atoms with van der Waals surface area (Å²) in [6.45, 7) is 0.756. The SMILES string of the molecule is O=C(O)COc1ccc2c(c1)N=C(NC(=O)c1cccnc1)N1CCN=C21. The Morgan fingerprint density at radius 1 is 1.30 bits per heavy atom. The van der Waals surface area contributed by atoms with Crippen molar-refractivity contribution in [3.8, 4) is 5.75 Å². The third kappa shape index (κ3) is 3.34. The Morgan fingerprint density at radius 3 is 2.96 bits per heavy atom. The number of benzene rings is 1. The predicted octanol–water partition coefficient (Wildman–Crippen LogP) is 1.04. The van der Waals surface area contributed by atoms with Crippen molar-refractivity contribution in [2.75, 3.05) is 19.7 Å². The maximum absolute atomic E-state index is 12.5. The number of rotatable bonds is 4. The normalized spacial score (nSPS) is 14.6. The van der Waals surface area contributed by atoms with Crippen molar-refractivity contribution in [2.24, 2.45) is 9.98 Å². The molecule has 0 saturated carbocycles. The molecular formula is C18H15N5O4. The largest absolute Gasteiger partial charge is 0.482 e. The van der Waals surface area contributed by atoms with Gasteiger partial charge in [-0.2, -0.15) is 0 Å². The summed E-state index contributed by atoms with van der Waals surface area (Å²) in [5.41, 5.74) is 1.77. The first-order chi connectivity index (χ1) is 13.1. The molecule has 0 radical (unpaired) electrons. The smallest absolute Gasteiger partial charge is 0.341 e. The van der Waals surface area contributed by atoms with Gasteiger partial charge in [0.2, 0.25) is 5.96 Å². The van der Waals surface area contributed by atoms with Gasteiger partial charge in [0.15, 0.2) is 6.61 Å². The molecule has 9 heteroatoms. The van der Waals surface area contributed by atoms with Gasteiger partial charge in [-0.15, -0.1) is 0 Å². The van der Waals surface area contributed by atoms with Gasteiger partial charge < -0.3 is 9.84 Å². The fourth-order valence-corrected chi connectivity index (χ4v) is 2.85. The zero-order chi connectivity index (χ0) is 18.8.